The molecule has 0 spiro atoms. The normalized spacial score (nSPS) is 11.5. The molecule has 1 nitrogen and oxygen atoms in total. The van der Waals surface area contributed by atoms with Crippen molar-refractivity contribution >= 4 is 11.6 Å². The first-order valence-electron chi connectivity index (χ1n) is 4.49. The molecule has 0 fully saturated rings. The monoisotopic (exact) mass is 177 g/mol. The third-order valence-corrected chi connectivity index (χ3v) is 2.04. The van der Waals surface area contributed by atoms with Crippen LogP contribution in [0.4, 0.5) is 0 Å². The molecule has 0 saturated heterocycles. The summed E-state index contributed by atoms with van der Waals surface area (Å²) in [5, 5.41) is 0. The number of nitrogens with zero attached hydrogens (tertiary/aromatic N) is 1. The van der Waals surface area contributed by atoms with Crippen LogP contribution in [0, 0.1) is 5.92 Å². The number of hydrogen-bond acceptors (Lipinski definition) is 1. The second kappa shape index (κ2) is 6.93. The lowest BCUT2D eigenvalue weighted by atomic mass is 10.1. The average molecular weight is 178 g/mol. The molecule has 11 heavy (non-hydrogen) atoms. The summed E-state index contributed by atoms with van der Waals surface area (Å²) in [6.45, 7) is 10.1. The molecule has 0 radical (unpaired) electrons. The summed E-state index contributed by atoms with van der Waals surface area (Å²) in [5.74, 6) is 1.56. The Morgan fingerprint density at radius 3 is 2.27 bits per heavy atom. The van der Waals surface area contributed by atoms with Crippen LogP contribution in [-0.2, 0) is 0 Å². The Morgan fingerprint density at radius 2 is 1.91 bits per heavy atom. The van der Waals surface area contributed by atoms with Gasteiger partial charge in [-0.25, -0.2) is 0 Å². The van der Waals surface area contributed by atoms with Gasteiger partial charge in [-0.1, -0.05) is 20.8 Å². The Morgan fingerprint density at radius 1 is 1.27 bits per heavy atom. The molecule has 0 unspecified atom stereocenters. The fourth-order valence-electron chi connectivity index (χ4n) is 0.988. The van der Waals surface area contributed by atoms with Crippen LogP contribution >= 0.6 is 11.6 Å². The van der Waals surface area contributed by atoms with Gasteiger partial charge < -0.3 is 4.90 Å². The molecule has 0 aliphatic carbocycles. The number of hydrogen-bond donors (Lipinski definition) is 0. The van der Waals surface area contributed by atoms with Crippen LogP contribution in [-0.4, -0.2) is 30.4 Å². The van der Waals surface area contributed by atoms with Gasteiger partial charge in [-0.15, -0.1) is 11.6 Å². The first-order valence-corrected chi connectivity index (χ1v) is 5.02. The molecule has 0 aromatic heterocycles. The van der Waals surface area contributed by atoms with Crippen molar-refractivity contribution in [1.82, 2.24) is 4.90 Å². The molecule has 2 heteroatoms. The average Bonchev–Trinajstić information content (AvgIpc) is 1.97. The predicted molar refractivity (Wildman–Crippen MR) is 52.3 cm³/mol. The van der Waals surface area contributed by atoms with E-state index in [1.54, 1.807) is 0 Å². The Hall–Kier alpha value is 0.250. The van der Waals surface area contributed by atoms with Crippen molar-refractivity contribution in [3.8, 4) is 0 Å². The molecule has 68 valence electrons. The molecule has 0 heterocycles. The van der Waals surface area contributed by atoms with Gasteiger partial charge in [-0.2, -0.15) is 0 Å². The molecular formula is C9H20ClN. The summed E-state index contributed by atoms with van der Waals surface area (Å²) in [6, 6.07) is 0. The van der Waals surface area contributed by atoms with Crippen LogP contribution in [0.15, 0.2) is 0 Å². The summed E-state index contributed by atoms with van der Waals surface area (Å²) in [4.78, 5) is 2.40. The predicted octanol–water partition coefficient (Wildman–Crippen LogP) is 2.59. The lowest BCUT2D eigenvalue weighted by molar-refractivity contribution is 0.285. The van der Waals surface area contributed by atoms with Crippen molar-refractivity contribution in [2.75, 3.05) is 25.5 Å². The zero-order valence-corrected chi connectivity index (χ0v) is 8.69. The molecular weight excluding hydrogens is 158 g/mol. The SMILES string of the molecule is CCN(CCCl)CCC(C)C. The van der Waals surface area contributed by atoms with Gasteiger partial charge in [0.05, 0.1) is 0 Å². The maximum absolute atomic E-state index is 5.65. The number of halogens is 1. The van der Waals surface area contributed by atoms with E-state index in [4.69, 9.17) is 11.6 Å². The van der Waals surface area contributed by atoms with Crippen LogP contribution in [0.5, 0.6) is 0 Å². The molecule has 0 aliphatic heterocycles. The van der Waals surface area contributed by atoms with Crippen molar-refractivity contribution in [3.05, 3.63) is 0 Å². The largest absolute Gasteiger partial charge is 0.302 e. The van der Waals surface area contributed by atoms with E-state index in [0.717, 1.165) is 24.9 Å². The molecule has 0 aromatic carbocycles. The second-order valence-electron chi connectivity index (χ2n) is 3.31. The minimum atomic E-state index is 0.756. The zero-order chi connectivity index (χ0) is 8.69. The summed E-state index contributed by atoms with van der Waals surface area (Å²) in [6.07, 6.45) is 1.28. The number of alkyl halides is 1. The van der Waals surface area contributed by atoms with E-state index >= 15 is 0 Å². The number of rotatable bonds is 6. The highest BCUT2D eigenvalue weighted by Gasteiger charge is 2.01. The second-order valence-corrected chi connectivity index (χ2v) is 3.68. The van der Waals surface area contributed by atoms with Crippen molar-refractivity contribution in [3.63, 3.8) is 0 Å². The van der Waals surface area contributed by atoms with Crippen LogP contribution in [0.1, 0.15) is 27.2 Å². The molecule has 0 rings (SSSR count). The Kier molecular flexibility index (Phi) is 7.09. The summed E-state index contributed by atoms with van der Waals surface area (Å²) < 4.78 is 0. The van der Waals surface area contributed by atoms with Gasteiger partial charge in [0.1, 0.15) is 0 Å². The van der Waals surface area contributed by atoms with Crippen LogP contribution in [0.2, 0.25) is 0 Å². The lowest BCUT2D eigenvalue weighted by Gasteiger charge is -2.19. The molecule has 0 aromatic rings. The Bertz CT molecular complexity index is 83.6. The van der Waals surface area contributed by atoms with E-state index in [2.05, 4.69) is 25.7 Å². The smallest absolute Gasteiger partial charge is 0.0351 e. The molecule has 0 atom stereocenters. The van der Waals surface area contributed by atoms with E-state index in [9.17, 15) is 0 Å². The minimum absolute atomic E-state index is 0.756. The Balaban J connectivity index is 3.35. The molecule has 0 bridgehead atoms. The van der Waals surface area contributed by atoms with Crippen LogP contribution < -0.4 is 0 Å². The molecule has 0 aliphatic rings. The fourth-order valence-corrected chi connectivity index (χ4v) is 1.23. The van der Waals surface area contributed by atoms with Gasteiger partial charge >= 0.3 is 0 Å². The van der Waals surface area contributed by atoms with Gasteiger partial charge in [0.25, 0.3) is 0 Å². The van der Waals surface area contributed by atoms with Gasteiger partial charge in [-0.3, -0.25) is 0 Å². The van der Waals surface area contributed by atoms with Gasteiger partial charge in [0.2, 0.25) is 0 Å². The summed E-state index contributed by atoms with van der Waals surface area (Å²) in [5.41, 5.74) is 0. The first-order chi connectivity index (χ1) is 5.20. The van der Waals surface area contributed by atoms with Crippen molar-refractivity contribution in [2.45, 2.75) is 27.2 Å². The molecule has 0 N–H and O–H groups in total. The highest BCUT2D eigenvalue weighted by atomic mass is 35.5. The van der Waals surface area contributed by atoms with E-state index in [1.165, 1.54) is 13.0 Å². The van der Waals surface area contributed by atoms with Crippen LogP contribution in [0.3, 0.4) is 0 Å². The summed E-state index contributed by atoms with van der Waals surface area (Å²) >= 11 is 5.65. The third-order valence-electron chi connectivity index (χ3n) is 1.87. The maximum atomic E-state index is 5.65. The van der Waals surface area contributed by atoms with E-state index in [-0.39, 0.29) is 0 Å². The third kappa shape index (κ3) is 6.64. The lowest BCUT2D eigenvalue weighted by Crippen LogP contribution is -2.27. The van der Waals surface area contributed by atoms with Gasteiger partial charge in [0.15, 0.2) is 0 Å². The summed E-state index contributed by atoms with van der Waals surface area (Å²) in [7, 11) is 0. The van der Waals surface area contributed by atoms with E-state index in [1.807, 2.05) is 0 Å². The van der Waals surface area contributed by atoms with E-state index in [0.29, 0.717) is 0 Å². The van der Waals surface area contributed by atoms with E-state index < -0.39 is 0 Å². The molecule has 0 saturated carbocycles. The highest BCUT2D eigenvalue weighted by molar-refractivity contribution is 6.18. The minimum Gasteiger partial charge on any atom is -0.302 e. The highest BCUT2D eigenvalue weighted by Crippen LogP contribution is 2.01. The van der Waals surface area contributed by atoms with Crippen molar-refractivity contribution in [2.24, 2.45) is 5.92 Å². The van der Waals surface area contributed by atoms with Crippen LogP contribution in [0.25, 0.3) is 0 Å². The quantitative estimate of drug-likeness (QED) is 0.564. The fraction of sp³-hybridized carbons (Fsp3) is 1.00. The topological polar surface area (TPSA) is 3.24 Å². The molecule has 0 amide bonds. The van der Waals surface area contributed by atoms with Gasteiger partial charge in [0, 0.05) is 12.4 Å². The van der Waals surface area contributed by atoms with Crippen molar-refractivity contribution < 1.29 is 0 Å². The zero-order valence-electron chi connectivity index (χ0n) is 7.94. The van der Waals surface area contributed by atoms with Gasteiger partial charge in [-0.05, 0) is 25.4 Å². The van der Waals surface area contributed by atoms with Crippen molar-refractivity contribution in [1.29, 1.82) is 0 Å². The standard InChI is InChI=1S/C9H20ClN/c1-4-11(8-6-10)7-5-9(2)3/h9H,4-8H2,1-3H3. The Labute approximate surface area is 75.7 Å². The maximum Gasteiger partial charge on any atom is 0.0351 e. The first kappa shape index (κ1) is 11.2.